The molecule has 0 fully saturated rings. The molecular formula is C14H22N2O. The number of nitrogens with zero attached hydrogens (tertiary/aromatic N) is 1. The van der Waals surface area contributed by atoms with Gasteiger partial charge >= 0.3 is 0 Å². The number of hydrogen-bond acceptors (Lipinski definition) is 2. The molecule has 0 aliphatic heterocycles. The highest BCUT2D eigenvalue weighted by Crippen LogP contribution is 2.11. The molecule has 3 heteroatoms. The van der Waals surface area contributed by atoms with Gasteiger partial charge in [0.25, 0.3) is 5.91 Å². The number of carbonyl (C=O) groups excluding carboxylic acids is 1. The minimum Gasteiger partial charge on any atom is -0.388 e. The monoisotopic (exact) mass is 234 g/mol. The largest absolute Gasteiger partial charge is 0.388 e. The average molecular weight is 234 g/mol. The van der Waals surface area contributed by atoms with Gasteiger partial charge in [-0.15, -0.1) is 0 Å². The molecule has 0 unspecified atom stereocenters. The standard InChI is InChI=1S/C14H22N2O/c1-4-6-11-16(5-2)14(17)12-7-9-13(15-3)10-8-12/h7-10,15H,4-6,11H2,1-3H3. The van der Waals surface area contributed by atoms with E-state index in [1.165, 1.54) is 0 Å². The topological polar surface area (TPSA) is 32.3 Å². The molecule has 1 N–H and O–H groups in total. The molecule has 0 atom stereocenters. The van der Waals surface area contributed by atoms with Gasteiger partial charge in [-0.3, -0.25) is 4.79 Å². The quantitative estimate of drug-likeness (QED) is 0.820. The van der Waals surface area contributed by atoms with Gasteiger partial charge in [0, 0.05) is 31.4 Å². The summed E-state index contributed by atoms with van der Waals surface area (Å²) < 4.78 is 0. The van der Waals surface area contributed by atoms with Gasteiger partial charge in [-0.2, -0.15) is 0 Å². The second-order valence-electron chi connectivity index (χ2n) is 4.07. The number of anilines is 1. The average Bonchev–Trinajstić information content (AvgIpc) is 2.39. The van der Waals surface area contributed by atoms with E-state index in [4.69, 9.17) is 0 Å². The zero-order valence-corrected chi connectivity index (χ0v) is 11.0. The van der Waals surface area contributed by atoms with Gasteiger partial charge in [0.2, 0.25) is 0 Å². The fourth-order valence-electron chi connectivity index (χ4n) is 1.71. The third kappa shape index (κ3) is 3.77. The number of nitrogens with one attached hydrogen (secondary N) is 1. The van der Waals surface area contributed by atoms with Crippen molar-refractivity contribution in [2.24, 2.45) is 0 Å². The third-order valence-corrected chi connectivity index (χ3v) is 2.87. The van der Waals surface area contributed by atoms with Gasteiger partial charge in [-0.05, 0) is 37.6 Å². The van der Waals surface area contributed by atoms with E-state index in [-0.39, 0.29) is 5.91 Å². The molecule has 1 amide bonds. The normalized spacial score (nSPS) is 10.1. The maximum absolute atomic E-state index is 12.2. The predicted molar refractivity (Wildman–Crippen MR) is 72.5 cm³/mol. The van der Waals surface area contributed by atoms with Crippen molar-refractivity contribution in [2.75, 3.05) is 25.5 Å². The minimum absolute atomic E-state index is 0.128. The molecule has 1 aromatic carbocycles. The first-order valence-corrected chi connectivity index (χ1v) is 6.30. The van der Waals surface area contributed by atoms with Crippen LogP contribution in [0.25, 0.3) is 0 Å². The molecule has 0 aliphatic carbocycles. The van der Waals surface area contributed by atoms with Crippen molar-refractivity contribution in [3.8, 4) is 0 Å². The van der Waals surface area contributed by atoms with Crippen LogP contribution < -0.4 is 5.32 Å². The molecule has 0 bridgehead atoms. The van der Waals surface area contributed by atoms with Crippen LogP contribution in [0.15, 0.2) is 24.3 Å². The van der Waals surface area contributed by atoms with E-state index in [0.29, 0.717) is 0 Å². The molecule has 0 heterocycles. The van der Waals surface area contributed by atoms with E-state index in [1.807, 2.05) is 43.1 Å². The fraction of sp³-hybridized carbons (Fsp3) is 0.500. The Labute approximate surface area is 104 Å². The van der Waals surface area contributed by atoms with Crippen LogP contribution in [0, 0.1) is 0 Å². The number of benzene rings is 1. The van der Waals surface area contributed by atoms with Crippen LogP contribution in [0.5, 0.6) is 0 Å². The Hall–Kier alpha value is -1.51. The summed E-state index contributed by atoms with van der Waals surface area (Å²) in [5, 5.41) is 3.05. The smallest absolute Gasteiger partial charge is 0.253 e. The van der Waals surface area contributed by atoms with Crippen molar-refractivity contribution in [1.29, 1.82) is 0 Å². The Morgan fingerprint density at radius 1 is 1.24 bits per heavy atom. The summed E-state index contributed by atoms with van der Waals surface area (Å²) in [6, 6.07) is 7.62. The number of rotatable bonds is 6. The summed E-state index contributed by atoms with van der Waals surface area (Å²) in [7, 11) is 1.87. The van der Waals surface area contributed by atoms with E-state index in [1.54, 1.807) is 0 Å². The molecule has 17 heavy (non-hydrogen) atoms. The second kappa shape index (κ2) is 6.94. The highest BCUT2D eigenvalue weighted by Gasteiger charge is 2.12. The molecule has 0 aliphatic rings. The number of amides is 1. The SMILES string of the molecule is CCCCN(CC)C(=O)c1ccc(NC)cc1. The molecule has 0 aromatic heterocycles. The van der Waals surface area contributed by atoms with Gasteiger partial charge in [0.05, 0.1) is 0 Å². The number of unbranched alkanes of at least 4 members (excludes halogenated alkanes) is 1. The summed E-state index contributed by atoms with van der Waals surface area (Å²) in [5.41, 5.74) is 1.79. The minimum atomic E-state index is 0.128. The molecule has 1 rings (SSSR count). The fourth-order valence-corrected chi connectivity index (χ4v) is 1.71. The molecule has 94 valence electrons. The van der Waals surface area contributed by atoms with E-state index in [0.717, 1.165) is 37.2 Å². The van der Waals surface area contributed by atoms with Crippen molar-refractivity contribution >= 4 is 11.6 Å². The first-order valence-electron chi connectivity index (χ1n) is 6.30. The summed E-state index contributed by atoms with van der Waals surface area (Å²) in [5.74, 6) is 0.128. The van der Waals surface area contributed by atoms with Crippen LogP contribution in [0.3, 0.4) is 0 Å². The highest BCUT2D eigenvalue weighted by atomic mass is 16.2. The molecule has 3 nitrogen and oxygen atoms in total. The maximum Gasteiger partial charge on any atom is 0.253 e. The van der Waals surface area contributed by atoms with Gasteiger partial charge in [-0.25, -0.2) is 0 Å². The molecule has 0 saturated heterocycles. The lowest BCUT2D eigenvalue weighted by Gasteiger charge is -2.20. The first-order chi connectivity index (χ1) is 8.22. The lowest BCUT2D eigenvalue weighted by atomic mass is 10.1. The maximum atomic E-state index is 12.2. The van der Waals surface area contributed by atoms with Crippen LogP contribution in [0.2, 0.25) is 0 Å². The summed E-state index contributed by atoms with van der Waals surface area (Å²) in [6.45, 7) is 5.78. The van der Waals surface area contributed by atoms with Crippen molar-refractivity contribution in [1.82, 2.24) is 4.90 Å². The van der Waals surface area contributed by atoms with Crippen molar-refractivity contribution in [3.63, 3.8) is 0 Å². The van der Waals surface area contributed by atoms with Crippen molar-refractivity contribution in [3.05, 3.63) is 29.8 Å². The second-order valence-corrected chi connectivity index (χ2v) is 4.07. The van der Waals surface area contributed by atoms with E-state index >= 15 is 0 Å². The summed E-state index contributed by atoms with van der Waals surface area (Å²) >= 11 is 0. The third-order valence-electron chi connectivity index (χ3n) is 2.87. The zero-order valence-electron chi connectivity index (χ0n) is 11.0. The lowest BCUT2D eigenvalue weighted by Crippen LogP contribution is -2.31. The van der Waals surface area contributed by atoms with E-state index in [2.05, 4.69) is 12.2 Å². The van der Waals surface area contributed by atoms with Gasteiger partial charge in [0.15, 0.2) is 0 Å². The number of hydrogen-bond donors (Lipinski definition) is 1. The van der Waals surface area contributed by atoms with E-state index in [9.17, 15) is 4.79 Å². The molecule has 1 aromatic rings. The summed E-state index contributed by atoms with van der Waals surface area (Å²) in [6.07, 6.45) is 2.18. The van der Waals surface area contributed by atoms with Crippen molar-refractivity contribution in [2.45, 2.75) is 26.7 Å². The van der Waals surface area contributed by atoms with Crippen LogP contribution in [-0.4, -0.2) is 30.9 Å². The van der Waals surface area contributed by atoms with Gasteiger partial charge < -0.3 is 10.2 Å². The Morgan fingerprint density at radius 2 is 1.88 bits per heavy atom. The van der Waals surface area contributed by atoms with Crippen molar-refractivity contribution < 1.29 is 4.79 Å². The van der Waals surface area contributed by atoms with Crippen LogP contribution in [0.4, 0.5) is 5.69 Å². The lowest BCUT2D eigenvalue weighted by molar-refractivity contribution is 0.0762. The molecule has 0 radical (unpaired) electrons. The van der Waals surface area contributed by atoms with Crippen LogP contribution >= 0.6 is 0 Å². The van der Waals surface area contributed by atoms with Gasteiger partial charge in [-0.1, -0.05) is 13.3 Å². The predicted octanol–water partition coefficient (Wildman–Crippen LogP) is 2.99. The Kier molecular flexibility index (Phi) is 5.53. The van der Waals surface area contributed by atoms with E-state index < -0.39 is 0 Å². The number of carbonyl (C=O) groups is 1. The Balaban J connectivity index is 2.71. The van der Waals surface area contributed by atoms with Crippen LogP contribution in [-0.2, 0) is 0 Å². The highest BCUT2D eigenvalue weighted by molar-refractivity contribution is 5.94. The van der Waals surface area contributed by atoms with Crippen LogP contribution in [0.1, 0.15) is 37.0 Å². The molecular weight excluding hydrogens is 212 g/mol. The Morgan fingerprint density at radius 3 is 2.35 bits per heavy atom. The summed E-state index contributed by atoms with van der Waals surface area (Å²) in [4.78, 5) is 14.1. The zero-order chi connectivity index (χ0) is 12.7. The molecule has 0 spiro atoms. The molecule has 0 saturated carbocycles. The Bertz CT molecular complexity index is 346. The van der Waals surface area contributed by atoms with Gasteiger partial charge in [0.1, 0.15) is 0 Å². The first kappa shape index (κ1) is 13.6.